The van der Waals surface area contributed by atoms with Crippen molar-refractivity contribution in [3.05, 3.63) is 23.9 Å². The van der Waals surface area contributed by atoms with Gasteiger partial charge in [0.2, 0.25) is 0 Å². The van der Waals surface area contributed by atoms with Crippen molar-refractivity contribution in [1.82, 2.24) is 4.98 Å². The Hall–Kier alpha value is -1.56. The molecule has 3 heteroatoms. The zero-order chi connectivity index (χ0) is 11.8. The van der Waals surface area contributed by atoms with Gasteiger partial charge in [-0.05, 0) is 25.0 Å². The van der Waals surface area contributed by atoms with Gasteiger partial charge in [0.05, 0.1) is 5.56 Å². The quantitative estimate of drug-likeness (QED) is 0.735. The molecule has 0 aromatic carbocycles. The van der Waals surface area contributed by atoms with Gasteiger partial charge in [-0.25, -0.2) is 4.98 Å². The fourth-order valence-electron chi connectivity index (χ4n) is 1.60. The molecule has 1 aromatic heterocycles. The smallest absolute Gasteiger partial charge is 0.128 e. The van der Waals surface area contributed by atoms with Crippen LogP contribution >= 0.6 is 0 Å². The average molecular weight is 217 g/mol. The lowest BCUT2D eigenvalue weighted by molar-refractivity contribution is 0.696. The number of nitriles is 1. The molecule has 1 aromatic rings. The van der Waals surface area contributed by atoms with Gasteiger partial charge in [-0.3, -0.25) is 0 Å². The minimum absolute atomic E-state index is 0.621. The Labute approximate surface area is 97.7 Å². The maximum Gasteiger partial charge on any atom is 0.128 e. The molecule has 86 valence electrons. The van der Waals surface area contributed by atoms with Gasteiger partial charge in [0.1, 0.15) is 11.9 Å². The first-order chi connectivity index (χ1) is 7.81. The fraction of sp³-hybridized carbons (Fsp3) is 0.538. The molecule has 16 heavy (non-hydrogen) atoms. The Morgan fingerprint density at radius 3 is 2.56 bits per heavy atom. The van der Waals surface area contributed by atoms with E-state index < -0.39 is 0 Å². The third kappa shape index (κ3) is 3.54. The molecule has 0 bridgehead atoms. The zero-order valence-corrected chi connectivity index (χ0v) is 10.1. The monoisotopic (exact) mass is 217 g/mol. The lowest BCUT2D eigenvalue weighted by atomic mass is 10.2. The van der Waals surface area contributed by atoms with Crippen LogP contribution in [-0.4, -0.2) is 18.1 Å². The summed E-state index contributed by atoms with van der Waals surface area (Å²) in [5.41, 5.74) is 0.621. The highest BCUT2D eigenvalue weighted by atomic mass is 15.2. The van der Waals surface area contributed by atoms with Crippen LogP contribution < -0.4 is 4.90 Å². The SMILES string of the molecule is CCCCN(CCC)c1ccc(C#N)cn1. The summed E-state index contributed by atoms with van der Waals surface area (Å²) in [7, 11) is 0. The van der Waals surface area contributed by atoms with Crippen LogP contribution in [0.3, 0.4) is 0 Å². The van der Waals surface area contributed by atoms with E-state index in [0.717, 1.165) is 25.3 Å². The molecule has 0 unspecified atom stereocenters. The van der Waals surface area contributed by atoms with Crippen molar-refractivity contribution >= 4 is 5.82 Å². The largest absolute Gasteiger partial charge is 0.357 e. The summed E-state index contributed by atoms with van der Waals surface area (Å²) in [5, 5.41) is 8.71. The van der Waals surface area contributed by atoms with Crippen LogP contribution in [-0.2, 0) is 0 Å². The van der Waals surface area contributed by atoms with Crippen LogP contribution in [0.5, 0.6) is 0 Å². The summed E-state index contributed by atoms with van der Waals surface area (Å²) < 4.78 is 0. The summed E-state index contributed by atoms with van der Waals surface area (Å²) in [5.74, 6) is 0.981. The Morgan fingerprint density at radius 1 is 1.25 bits per heavy atom. The topological polar surface area (TPSA) is 39.9 Å². The Bertz CT molecular complexity index is 337. The molecule has 0 radical (unpaired) electrons. The van der Waals surface area contributed by atoms with Crippen LogP contribution in [0.2, 0.25) is 0 Å². The third-order valence-electron chi connectivity index (χ3n) is 2.48. The maximum absolute atomic E-state index is 8.71. The van der Waals surface area contributed by atoms with Crippen molar-refractivity contribution < 1.29 is 0 Å². The summed E-state index contributed by atoms with van der Waals surface area (Å²) in [6.45, 7) is 6.43. The predicted octanol–water partition coefficient (Wildman–Crippen LogP) is 2.97. The van der Waals surface area contributed by atoms with Crippen LogP contribution in [0.15, 0.2) is 18.3 Å². The molecule has 0 saturated heterocycles. The molecule has 0 N–H and O–H groups in total. The van der Waals surface area contributed by atoms with Gasteiger partial charge in [0, 0.05) is 19.3 Å². The van der Waals surface area contributed by atoms with E-state index in [1.807, 2.05) is 12.1 Å². The number of rotatable bonds is 6. The van der Waals surface area contributed by atoms with Crippen LogP contribution in [0.25, 0.3) is 0 Å². The number of pyridine rings is 1. The average Bonchev–Trinajstić information content (AvgIpc) is 2.35. The molecule has 0 aliphatic rings. The molecule has 0 aliphatic carbocycles. The van der Waals surface area contributed by atoms with Crippen LogP contribution in [0, 0.1) is 11.3 Å². The van der Waals surface area contributed by atoms with Crippen LogP contribution in [0.1, 0.15) is 38.7 Å². The van der Waals surface area contributed by atoms with Crippen LogP contribution in [0.4, 0.5) is 5.82 Å². The van der Waals surface area contributed by atoms with E-state index in [4.69, 9.17) is 5.26 Å². The van der Waals surface area contributed by atoms with Crippen molar-refractivity contribution in [3.8, 4) is 6.07 Å². The molecule has 0 fully saturated rings. The van der Waals surface area contributed by atoms with E-state index in [9.17, 15) is 0 Å². The van der Waals surface area contributed by atoms with E-state index in [2.05, 4.69) is 29.8 Å². The summed E-state index contributed by atoms with van der Waals surface area (Å²) >= 11 is 0. The molecule has 0 atom stereocenters. The number of nitrogens with zero attached hydrogens (tertiary/aromatic N) is 3. The first kappa shape index (κ1) is 12.5. The highest BCUT2D eigenvalue weighted by molar-refractivity contribution is 5.41. The van der Waals surface area contributed by atoms with Gasteiger partial charge in [0.25, 0.3) is 0 Å². The molecule has 0 saturated carbocycles. The van der Waals surface area contributed by atoms with E-state index in [0.29, 0.717) is 5.56 Å². The minimum atomic E-state index is 0.621. The Kier molecular flexibility index (Phi) is 5.35. The number of aromatic nitrogens is 1. The lowest BCUT2D eigenvalue weighted by Crippen LogP contribution is -2.26. The number of unbranched alkanes of at least 4 members (excludes halogenated alkanes) is 1. The molecular weight excluding hydrogens is 198 g/mol. The lowest BCUT2D eigenvalue weighted by Gasteiger charge is -2.22. The first-order valence-corrected chi connectivity index (χ1v) is 5.93. The highest BCUT2D eigenvalue weighted by Gasteiger charge is 2.05. The highest BCUT2D eigenvalue weighted by Crippen LogP contribution is 2.12. The van der Waals surface area contributed by atoms with Gasteiger partial charge < -0.3 is 4.90 Å². The van der Waals surface area contributed by atoms with E-state index in [1.54, 1.807) is 6.20 Å². The maximum atomic E-state index is 8.71. The molecule has 0 spiro atoms. The van der Waals surface area contributed by atoms with E-state index in [-0.39, 0.29) is 0 Å². The second-order valence-corrected chi connectivity index (χ2v) is 3.86. The van der Waals surface area contributed by atoms with E-state index in [1.165, 1.54) is 12.8 Å². The van der Waals surface area contributed by atoms with Crippen molar-refractivity contribution in [1.29, 1.82) is 5.26 Å². The summed E-state index contributed by atoms with van der Waals surface area (Å²) in [6.07, 6.45) is 5.13. The second kappa shape index (κ2) is 6.84. The molecule has 0 amide bonds. The standard InChI is InChI=1S/C13H19N3/c1-3-5-9-16(8-4-2)13-7-6-12(10-14)11-15-13/h6-7,11H,3-5,8-9H2,1-2H3. The van der Waals surface area contributed by atoms with E-state index >= 15 is 0 Å². The van der Waals surface area contributed by atoms with Gasteiger partial charge in [-0.1, -0.05) is 20.3 Å². The third-order valence-corrected chi connectivity index (χ3v) is 2.48. The van der Waals surface area contributed by atoms with Crippen molar-refractivity contribution in [3.63, 3.8) is 0 Å². The minimum Gasteiger partial charge on any atom is -0.357 e. The van der Waals surface area contributed by atoms with Gasteiger partial charge >= 0.3 is 0 Å². The first-order valence-electron chi connectivity index (χ1n) is 5.93. The van der Waals surface area contributed by atoms with Crippen molar-refractivity contribution in [2.24, 2.45) is 0 Å². The van der Waals surface area contributed by atoms with Crippen molar-refractivity contribution in [2.45, 2.75) is 33.1 Å². The van der Waals surface area contributed by atoms with Gasteiger partial charge in [-0.2, -0.15) is 5.26 Å². The Balaban J connectivity index is 2.72. The summed E-state index contributed by atoms with van der Waals surface area (Å²) in [4.78, 5) is 6.61. The molecule has 3 nitrogen and oxygen atoms in total. The second-order valence-electron chi connectivity index (χ2n) is 3.86. The van der Waals surface area contributed by atoms with Crippen molar-refractivity contribution in [2.75, 3.05) is 18.0 Å². The molecule has 0 aliphatic heterocycles. The summed E-state index contributed by atoms with van der Waals surface area (Å²) in [6, 6.07) is 5.85. The number of anilines is 1. The predicted molar refractivity (Wildman–Crippen MR) is 66.4 cm³/mol. The molecule has 1 rings (SSSR count). The molecular formula is C13H19N3. The number of hydrogen-bond donors (Lipinski definition) is 0. The zero-order valence-electron chi connectivity index (χ0n) is 10.1. The molecule has 1 heterocycles. The number of hydrogen-bond acceptors (Lipinski definition) is 3. The normalized spacial score (nSPS) is 9.81. The van der Waals surface area contributed by atoms with Gasteiger partial charge in [-0.15, -0.1) is 0 Å². The fourth-order valence-corrected chi connectivity index (χ4v) is 1.60. The van der Waals surface area contributed by atoms with Gasteiger partial charge in [0.15, 0.2) is 0 Å². The Morgan fingerprint density at radius 2 is 2.06 bits per heavy atom.